The Morgan fingerprint density at radius 2 is 1.76 bits per heavy atom. The summed E-state index contributed by atoms with van der Waals surface area (Å²) < 4.78 is 5.79. The molecule has 0 aliphatic carbocycles. The summed E-state index contributed by atoms with van der Waals surface area (Å²) >= 11 is 0. The summed E-state index contributed by atoms with van der Waals surface area (Å²) in [6.07, 6.45) is 1.09. The van der Waals surface area contributed by atoms with Gasteiger partial charge < -0.3 is 20.5 Å². The third kappa shape index (κ3) is 8.29. The predicted octanol–water partition coefficient (Wildman–Crippen LogP) is 4.09. The number of hydrogen-bond donors (Lipinski definition) is 3. The molecule has 0 bridgehead atoms. The number of carbonyl (C=O) groups is 2. The Morgan fingerprint density at radius 1 is 1.00 bits per heavy atom. The highest BCUT2D eigenvalue weighted by Crippen LogP contribution is 2.15. The zero-order valence-corrected chi connectivity index (χ0v) is 18.7. The Hall–Kier alpha value is -3.87. The zero-order valence-electron chi connectivity index (χ0n) is 18.7. The molecule has 0 spiro atoms. The first-order chi connectivity index (χ1) is 16.0. The van der Waals surface area contributed by atoms with E-state index in [1.807, 2.05) is 55.5 Å². The van der Waals surface area contributed by atoms with Crippen molar-refractivity contribution in [1.29, 1.82) is 0 Å². The Balaban J connectivity index is 1.45. The normalized spacial score (nSPS) is 11.4. The van der Waals surface area contributed by atoms with Gasteiger partial charge in [0.1, 0.15) is 11.6 Å². The molecule has 33 heavy (non-hydrogen) atoms. The van der Waals surface area contributed by atoms with Gasteiger partial charge in [-0.05, 0) is 61.7 Å². The first-order valence-corrected chi connectivity index (χ1v) is 11.0. The highest BCUT2D eigenvalue weighted by molar-refractivity contribution is 5.94. The van der Waals surface area contributed by atoms with Crippen LogP contribution in [-0.2, 0) is 11.2 Å². The van der Waals surface area contributed by atoms with E-state index in [2.05, 4.69) is 15.6 Å². The van der Waals surface area contributed by atoms with Gasteiger partial charge in [0.05, 0.1) is 13.0 Å². The topological polar surface area (TPSA) is 101 Å². The van der Waals surface area contributed by atoms with Gasteiger partial charge in [0.15, 0.2) is 0 Å². The molecule has 0 radical (unpaired) electrons. The number of ether oxygens (including phenoxy) is 1. The van der Waals surface area contributed by atoms with Gasteiger partial charge in [0.2, 0.25) is 0 Å². The fourth-order valence-corrected chi connectivity index (χ4v) is 3.37. The van der Waals surface area contributed by atoms with Crippen molar-refractivity contribution in [3.05, 3.63) is 89.6 Å². The summed E-state index contributed by atoms with van der Waals surface area (Å²) in [6.45, 7) is 3.28. The number of nitrogens with one attached hydrogen (secondary N) is 2. The molecule has 172 valence electrons. The molecule has 0 fully saturated rings. The number of pyridine rings is 1. The lowest BCUT2D eigenvalue weighted by Gasteiger charge is -2.17. The molecule has 0 aliphatic heterocycles. The van der Waals surface area contributed by atoms with Crippen LogP contribution >= 0.6 is 0 Å². The van der Waals surface area contributed by atoms with Crippen LogP contribution < -0.4 is 15.4 Å². The molecule has 0 saturated carbocycles. The van der Waals surface area contributed by atoms with E-state index in [4.69, 9.17) is 4.74 Å². The maximum atomic E-state index is 12.4. The van der Waals surface area contributed by atoms with Gasteiger partial charge in [-0.15, -0.1) is 0 Å². The summed E-state index contributed by atoms with van der Waals surface area (Å²) in [5.74, 6) is 0.365. The molecule has 7 heteroatoms. The van der Waals surface area contributed by atoms with Gasteiger partial charge >= 0.3 is 5.97 Å². The fourth-order valence-electron chi connectivity index (χ4n) is 3.37. The van der Waals surface area contributed by atoms with E-state index in [0.29, 0.717) is 18.6 Å². The van der Waals surface area contributed by atoms with Crippen molar-refractivity contribution in [2.75, 3.05) is 18.5 Å². The summed E-state index contributed by atoms with van der Waals surface area (Å²) in [4.78, 5) is 28.1. The van der Waals surface area contributed by atoms with Crippen LogP contribution in [0.1, 0.15) is 34.5 Å². The molecule has 1 atom stereocenters. The van der Waals surface area contributed by atoms with E-state index < -0.39 is 12.0 Å². The van der Waals surface area contributed by atoms with E-state index in [9.17, 15) is 14.7 Å². The van der Waals surface area contributed by atoms with Gasteiger partial charge in [-0.25, -0.2) is 4.98 Å². The molecular weight excluding hydrogens is 418 g/mol. The Bertz CT molecular complexity index is 1040. The molecule has 0 saturated heterocycles. The minimum Gasteiger partial charge on any atom is -0.494 e. The van der Waals surface area contributed by atoms with Crippen molar-refractivity contribution in [2.24, 2.45) is 0 Å². The summed E-state index contributed by atoms with van der Waals surface area (Å²) in [5.41, 5.74) is 2.40. The fraction of sp³-hybridized carbons (Fsp3) is 0.269. The molecular formula is C26H29N3O4. The molecule has 3 aromatic rings. The largest absolute Gasteiger partial charge is 0.494 e. The van der Waals surface area contributed by atoms with Gasteiger partial charge in [-0.1, -0.05) is 36.4 Å². The van der Waals surface area contributed by atoms with Crippen molar-refractivity contribution in [3.8, 4) is 5.75 Å². The van der Waals surface area contributed by atoms with Gasteiger partial charge in [-0.2, -0.15) is 0 Å². The second-order valence-corrected chi connectivity index (χ2v) is 7.78. The maximum Gasteiger partial charge on any atom is 0.305 e. The highest BCUT2D eigenvalue weighted by Gasteiger charge is 2.17. The molecule has 1 amide bonds. The molecule has 2 aromatic carbocycles. The van der Waals surface area contributed by atoms with E-state index >= 15 is 0 Å². The highest BCUT2D eigenvalue weighted by atomic mass is 16.5. The number of benzene rings is 2. The van der Waals surface area contributed by atoms with Gasteiger partial charge in [0, 0.05) is 23.8 Å². The second-order valence-electron chi connectivity index (χ2n) is 7.78. The molecule has 0 aliphatic rings. The van der Waals surface area contributed by atoms with Gasteiger partial charge in [0.25, 0.3) is 5.91 Å². The smallest absolute Gasteiger partial charge is 0.305 e. The Morgan fingerprint density at radius 3 is 2.45 bits per heavy atom. The third-order valence-electron chi connectivity index (χ3n) is 4.98. The minimum atomic E-state index is -0.956. The quantitative estimate of drug-likeness (QED) is 0.362. The third-order valence-corrected chi connectivity index (χ3v) is 4.98. The zero-order chi connectivity index (χ0) is 23.5. The number of nitrogens with zero attached hydrogens (tertiary/aromatic N) is 1. The number of hydrogen-bond acceptors (Lipinski definition) is 5. The summed E-state index contributed by atoms with van der Waals surface area (Å²) in [7, 11) is 0. The van der Waals surface area contributed by atoms with E-state index in [1.54, 1.807) is 24.3 Å². The van der Waals surface area contributed by atoms with Crippen LogP contribution in [0.4, 0.5) is 5.82 Å². The number of carboxylic acids is 1. The van der Waals surface area contributed by atoms with E-state index in [0.717, 1.165) is 35.8 Å². The van der Waals surface area contributed by atoms with Crippen molar-refractivity contribution < 1.29 is 19.4 Å². The number of aryl methyl sites for hydroxylation is 1. The maximum absolute atomic E-state index is 12.4. The van der Waals surface area contributed by atoms with Crippen LogP contribution in [-0.4, -0.2) is 41.2 Å². The Labute approximate surface area is 193 Å². The number of aromatic nitrogens is 1. The SMILES string of the molecule is Cc1cccc(NCCCOc2ccc(C[C@@H](CC(=O)O)NC(=O)c3ccccc3)cc2)n1. The number of carboxylic acid groups (broad SMARTS) is 1. The Kier molecular flexibility index (Phi) is 8.82. The van der Waals surface area contributed by atoms with Crippen molar-refractivity contribution >= 4 is 17.7 Å². The van der Waals surface area contributed by atoms with E-state index in [-0.39, 0.29) is 12.3 Å². The van der Waals surface area contributed by atoms with Crippen molar-refractivity contribution in [2.45, 2.75) is 32.2 Å². The first-order valence-electron chi connectivity index (χ1n) is 11.0. The van der Waals surface area contributed by atoms with E-state index in [1.165, 1.54) is 0 Å². The summed E-state index contributed by atoms with van der Waals surface area (Å²) in [6, 6.07) is 21.6. The average Bonchev–Trinajstić information content (AvgIpc) is 2.80. The summed E-state index contributed by atoms with van der Waals surface area (Å²) in [5, 5.41) is 15.3. The van der Waals surface area contributed by atoms with Crippen LogP contribution in [0.15, 0.2) is 72.8 Å². The molecule has 3 N–H and O–H groups in total. The number of carbonyl (C=O) groups excluding carboxylic acids is 1. The lowest BCUT2D eigenvalue weighted by molar-refractivity contribution is -0.137. The molecule has 7 nitrogen and oxygen atoms in total. The predicted molar refractivity (Wildman–Crippen MR) is 128 cm³/mol. The van der Waals surface area contributed by atoms with Crippen molar-refractivity contribution in [1.82, 2.24) is 10.3 Å². The standard InChI is InChI=1S/C26H29N3O4/c1-19-7-5-10-24(28-19)27-15-6-16-33-23-13-11-20(12-14-23)17-22(18-25(30)31)29-26(32)21-8-3-2-4-9-21/h2-5,7-14,22H,6,15-18H2,1H3,(H,27,28)(H,29,32)(H,30,31)/t22-/m0/s1. The second kappa shape index (κ2) is 12.2. The molecule has 0 unspecified atom stereocenters. The monoisotopic (exact) mass is 447 g/mol. The first kappa shape index (κ1) is 23.8. The number of rotatable bonds is 12. The molecule has 1 heterocycles. The lowest BCUT2D eigenvalue weighted by atomic mass is 10.0. The van der Waals surface area contributed by atoms with Crippen LogP contribution in [0.25, 0.3) is 0 Å². The van der Waals surface area contributed by atoms with Crippen LogP contribution in [0, 0.1) is 6.92 Å². The number of amides is 1. The van der Waals surface area contributed by atoms with Crippen molar-refractivity contribution in [3.63, 3.8) is 0 Å². The van der Waals surface area contributed by atoms with Crippen LogP contribution in [0.2, 0.25) is 0 Å². The van der Waals surface area contributed by atoms with Gasteiger partial charge in [-0.3, -0.25) is 9.59 Å². The van der Waals surface area contributed by atoms with Crippen LogP contribution in [0.3, 0.4) is 0 Å². The lowest BCUT2D eigenvalue weighted by Crippen LogP contribution is -2.38. The van der Waals surface area contributed by atoms with Crippen LogP contribution in [0.5, 0.6) is 5.75 Å². The number of aliphatic carboxylic acids is 1. The number of anilines is 1. The molecule has 1 aromatic heterocycles. The minimum absolute atomic E-state index is 0.153. The molecule has 3 rings (SSSR count). The average molecular weight is 448 g/mol.